The lowest BCUT2D eigenvalue weighted by molar-refractivity contribution is -0.384. The number of benzene rings is 1. The number of carbonyl (C=O) groups excluding carboxylic acids is 1. The maximum absolute atomic E-state index is 12.9. The Bertz CT molecular complexity index is 1180. The Morgan fingerprint density at radius 1 is 1.30 bits per heavy atom. The van der Waals surface area contributed by atoms with Gasteiger partial charge in [0.15, 0.2) is 5.11 Å². The van der Waals surface area contributed by atoms with Gasteiger partial charge in [-0.05, 0) is 43.4 Å². The molecule has 1 fully saturated rings. The van der Waals surface area contributed by atoms with Crippen molar-refractivity contribution in [1.82, 2.24) is 24.6 Å². The lowest BCUT2D eigenvalue weighted by Gasteiger charge is -2.12. The van der Waals surface area contributed by atoms with Crippen LogP contribution in [0, 0.1) is 10.1 Å². The van der Waals surface area contributed by atoms with Crippen molar-refractivity contribution >= 4 is 35.0 Å². The van der Waals surface area contributed by atoms with Crippen molar-refractivity contribution in [3.63, 3.8) is 0 Å². The van der Waals surface area contributed by atoms with Crippen LogP contribution in [0.2, 0.25) is 0 Å². The molecule has 4 rings (SSSR count). The molecule has 0 bridgehead atoms. The molecule has 0 radical (unpaired) electrons. The quantitative estimate of drug-likeness (QED) is 0.284. The molecule has 1 aliphatic heterocycles. The molecule has 1 N–H and O–H groups in total. The van der Waals surface area contributed by atoms with E-state index in [0.717, 1.165) is 12.1 Å². The maximum atomic E-state index is 12.9. The Kier molecular flexibility index (Phi) is 5.15. The van der Waals surface area contributed by atoms with Crippen LogP contribution < -0.4 is 5.32 Å². The molecule has 1 saturated heterocycles. The van der Waals surface area contributed by atoms with Gasteiger partial charge in [-0.1, -0.05) is 6.07 Å². The average molecular weight is 422 g/mol. The molecule has 152 valence electrons. The normalized spacial score (nSPS) is 15.1. The lowest BCUT2D eigenvalue weighted by Crippen LogP contribution is -2.29. The van der Waals surface area contributed by atoms with E-state index in [-0.39, 0.29) is 11.6 Å². The van der Waals surface area contributed by atoms with Crippen LogP contribution in [0.4, 0.5) is 5.69 Å². The van der Waals surface area contributed by atoms with E-state index < -0.39 is 4.92 Å². The van der Waals surface area contributed by atoms with Crippen LogP contribution >= 0.6 is 12.2 Å². The number of carbonyl (C=O) groups is 1. The molecule has 0 saturated carbocycles. The molecule has 3 heterocycles. The summed E-state index contributed by atoms with van der Waals surface area (Å²) in [6.45, 7) is 3.06. The molecule has 1 aliphatic rings. The molecule has 2 aromatic heterocycles. The minimum atomic E-state index is -0.440. The van der Waals surface area contributed by atoms with Gasteiger partial charge in [0.05, 0.1) is 23.4 Å². The van der Waals surface area contributed by atoms with E-state index in [4.69, 9.17) is 12.2 Å². The fraction of sp³-hybridized carbons (Fsp3) is 0.150. The van der Waals surface area contributed by atoms with Crippen LogP contribution in [0.15, 0.2) is 60.7 Å². The topological polar surface area (TPSA) is 98.2 Å². The van der Waals surface area contributed by atoms with E-state index in [1.54, 1.807) is 45.9 Å². The summed E-state index contributed by atoms with van der Waals surface area (Å²) in [5.41, 5.74) is 2.53. The van der Waals surface area contributed by atoms with Gasteiger partial charge in [-0.3, -0.25) is 24.5 Å². The van der Waals surface area contributed by atoms with Crippen LogP contribution in [0.25, 0.3) is 11.8 Å². The summed E-state index contributed by atoms with van der Waals surface area (Å²) in [5.74, 6) is -0.240. The number of non-ortho nitro benzene ring substituents is 1. The summed E-state index contributed by atoms with van der Waals surface area (Å²) in [7, 11) is 0. The van der Waals surface area contributed by atoms with E-state index in [1.807, 2.05) is 19.2 Å². The zero-order valence-corrected chi connectivity index (χ0v) is 16.9. The molecule has 0 aliphatic carbocycles. The van der Waals surface area contributed by atoms with Crippen molar-refractivity contribution in [3.8, 4) is 5.69 Å². The molecule has 9 nitrogen and oxygen atoms in total. The minimum Gasteiger partial charge on any atom is -0.328 e. The first-order chi connectivity index (χ1) is 14.5. The van der Waals surface area contributed by atoms with Gasteiger partial charge in [0.1, 0.15) is 5.70 Å². The maximum Gasteiger partial charge on any atom is 0.276 e. The Morgan fingerprint density at radius 2 is 2.13 bits per heavy atom. The van der Waals surface area contributed by atoms with Gasteiger partial charge >= 0.3 is 0 Å². The van der Waals surface area contributed by atoms with Crippen molar-refractivity contribution in [2.75, 3.05) is 0 Å². The SMILES string of the molecule is CCn1cc(CN2C(=O)/C(=C\c3cccn3-c3cccc([N+](=O)[O-])c3)NC2=S)cn1. The number of nitrogens with zero attached hydrogens (tertiary/aromatic N) is 5. The van der Waals surface area contributed by atoms with Gasteiger partial charge in [0.2, 0.25) is 0 Å². The number of aromatic nitrogens is 3. The molecule has 0 atom stereocenters. The Morgan fingerprint density at radius 3 is 2.87 bits per heavy atom. The van der Waals surface area contributed by atoms with Gasteiger partial charge < -0.3 is 9.88 Å². The third-order valence-electron chi connectivity index (χ3n) is 4.70. The summed E-state index contributed by atoms with van der Waals surface area (Å²) in [6, 6.07) is 9.92. The number of nitro benzene ring substituents is 1. The van der Waals surface area contributed by atoms with Gasteiger partial charge in [0.25, 0.3) is 11.6 Å². The summed E-state index contributed by atoms with van der Waals surface area (Å²) >= 11 is 5.34. The molecular formula is C20H18N6O3S. The molecule has 3 aromatic rings. The fourth-order valence-electron chi connectivity index (χ4n) is 3.21. The largest absolute Gasteiger partial charge is 0.328 e. The summed E-state index contributed by atoms with van der Waals surface area (Å²) in [6.07, 6.45) is 7.06. The second kappa shape index (κ2) is 7.91. The highest BCUT2D eigenvalue weighted by Gasteiger charge is 2.31. The van der Waals surface area contributed by atoms with Crippen LogP contribution in [0.1, 0.15) is 18.2 Å². The highest BCUT2D eigenvalue weighted by molar-refractivity contribution is 7.80. The second-order valence-electron chi connectivity index (χ2n) is 6.66. The Hall–Kier alpha value is -3.79. The van der Waals surface area contributed by atoms with E-state index in [2.05, 4.69) is 10.4 Å². The minimum absolute atomic E-state index is 0.00477. The third kappa shape index (κ3) is 3.72. The number of hydrogen-bond donors (Lipinski definition) is 1. The number of thiocarbonyl (C=S) groups is 1. The van der Waals surface area contributed by atoms with Gasteiger partial charge in [-0.2, -0.15) is 5.10 Å². The highest BCUT2D eigenvalue weighted by Crippen LogP contribution is 2.22. The molecule has 1 amide bonds. The average Bonchev–Trinajstić information content (AvgIpc) is 3.45. The summed E-state index contributed by atoms with van der Waals surface area (Å²) < 4.78 is 3.56. The van der Waals surface area contributed by atoms with Gasteiger partial charge in [-0.15, -0.1) is 0 Å². The van der Waals surface area contributed by atoms with Crippen LogP contribution in [-0.2, 0) is 17.9 Å². The molecule has 0 spiro atoms. The smallest absolute Gasteiger partial charge is 0.276 e. The fourth-order valence-corrected chi connectivity index (χ4v) is 3.47. The van der Waals surface area contributed by atoms with Crippen LogP contribution in [-0.4, -0.2) is 35.2 Å². The number of aryl methyl sites for hydroxylation is 1. The van der Waals surface area contributed by atoms with Crippen LogP contribution in [0.3, 0.4) is 0 Å². The predicted molar refractivity (Wildman–Crippen MR) is 115 cm³/mol. The molecule has 10 heteroatoms. The van der Waals surface area contributed by atoms with E-state index in [9.17, 15) is 14.9 Å². The number of amides is 1. The number of nitrogens with one attached hydrogen (secondary N) is 1. The standard InChI is InChI=1S/C20H18N6O3S/c1-2-23-12-14(11-21-23)13-25-19(27)18(22-20(25)30)10-16-7-4-8-24(16)15-5-3-6-17(9-15)26(28)29/h3-12H,2,13H2,1H3,(H,22,30)/b18-10+. The van der Waals surface area contributed by atoms with Gasteiger partial charge in [0, 0.05) is 42.3 Å². The zero-order valence-electron chi connectivity index (χ0n) is 16.1. The van der Waals surface area contributed by atoms with Gasteiger partial charge in [-0.25, -0.2) is 0 Å². The van der Waals surface area contributed by atoms with Crippen LogP contribution in [0.5, 0.6) is 0 Å². The summed E-state index contributed by atoms with van der Waals surface area (Å²) in [4.78, 5) is 25.0. The lowest BCUT2D eigenvalue weighted by atomic mass is 10.2. The number of hydrogen-bond acceptors (Lipinski definition) is 5. The first kappa shape index (κ1) is 19.5. The Labute approximate surface area is 177 Å². The zero-order chi connectivity index (χ0) is 21.3. The first-order valence-corrected chi connectivity index (χ1v) is 9.65. The van der Waals surface area contributed by atoms with Crippen molar-refractivity contribution in [2.45, 2.75) is 20.0 Å². The first-order valence-electron chi connectivity index (χ1n) is 9.24. The molecule has 30 heavy (non-hydrogen) atoms. The molecular weight excluding hydrogens is 404 g/mol. The second-order valence-corrected chi connectivity index (χ2v) is 7.05. The van der Waals surface area contributed by atoms with E-state index >= 15 is 0 Å². The Balaban J connectivity index is 1.60. The highest BCUT2D eigenvalue weighted by atomic mass is 32.1. The monoisotopic (exact) mass is 422 g/mol. The van der Waals surface area contributed by atoms with E-state index in [0.29, 0.717) is 28.7 Å². The number of nitro groups is 1. The molecule has 0 unspecified atom stereocenters. The summed E-state index contributed by atoms with van der Waals surface area (Å²) in [5, 5.41) is 18.6. The number of rotatable bonds is 6. The molecule has 1 aromatic carbocycles. The van der Waals surface area contributed by atoms with E-state index in [1.165, 1.54) is 17.0 Å². The van der Waals surface area contributed by atoms with Crippen molar-refractivity contribution in [1.29, 1.82) is 0 Å². The van der Waals surface area contributed by atoms with Crippen molar-refractivity contribution < 1.29 is 9.72 Å². The van der Waals surface area contributed by atoms with Crippen molar-refractivity contribution in [3.05, 3.63) is 82.1 Å². The third-order valence-corrected chi connectivity index (χ3v) is 5.03. The predicted octanol–water partition coefficient (Wildman–Crippen LogP) is 2.86. The van der Waals surface area contributed by atoms with Crippen molar-refractivity contribution in [2.24, 2.45) is 0 Å².